The summed E-state index contributed by atoms with van der Waals surface area (Å²) in [6.45, 7) is 2.47. The summed E-state index contributed by atoms with van der Waals surface area (Å²) >= 11 is 6.09. The zero-order valence-corrected chi connectivity index (χ0v) is 12.0. The Hall–Kier alpha value is -1.22. The number of amides is 1. The maximum absolute atomic E-state index is 12.1. The van der Waals surface area contributed by atoms with Crippen molar-refractivity contribution in [3.05, 3.63) is 28.8 Å². The number of ether oxygens (including phenoxy) is 1. The van der Waals surface area contributed by atoms with Crippen LogP contribution in [0.15, 0.2) is 18.2 Å². The van der Waals surface area contributed by atoms with Gasteiger partial charge in [-0.05, 0) is 38.0 Å². The smallest absolute Gasteiger partial charge is 0.251 e. The monoisotopic (exact) mass is 281 g/mol. The first-order valence-corrected chi connectivity index (χ1v) is 7.31. The van der Waals surface area contributed by atoms with Crippen LogP contribution < -0.4 is 10.1 Å². The van der Waals surface area contributed by atoms with Gasteiger partial charge in [0.1, 0.15) is 5.75 Å². The summed E-state index contributed by atoms with van der Waals surface area (Å²) in [6.07, 6.45) is 5.85. The molecule has 0 unspecified atom stereocenters. The molecule has 1 N–H and O–H groups in total. The molecule has 0 bridgehead atoms. The lowest BCUT2D eigenvalue weighted by atomic mass is 9.95. The van der Waals surface area contributed by atoms with E-state index >= 15 is 0 Å². The van der Waals surface area contributed by atoms with Crippen molar-refractivity contribution in [1.29, 1.82) is 0 Å². The maximum Gasteiger partial charge on any atom is 0.251 e. The van der Waals surface area contributed by atoms with Crippen LogP contribution in [0.2, 0.25) is 5.02 Å². The molecular weight excluding hydrogens is 262 g/mol. The van der Waals surface area contributed by atoms with Crippen LogP contribution in [-0.2, 0) is 0 Å². The van der Waals surface area contributed by atoms with Crippen LogP contribution in [0.3, 0.4) is 0 Å². The first kappa shape index (κ1) is 14.2. The second-order valence-electron chi connectivity index (χ2n) is 4.89. The Morgan fingerprint density at radius 1 is 1.37 bits per heavy atom. The van der Waals surface area contributed by atoms with E-state index < -0.39 is 0 Å². The lowest BCUT2D eigenvalue weighted by molar-refractivity contribution is 0.0927. The van der Waals surface area contributed by atoms with E-state index in [-0.39, 0.29) is 5.91 Å². The standard InChI is InChI=1S/C15H20ClNO2/c1-2-19-14-9-8-11(10-13(14)16)15(18)17-12-6-4-3-5-7-12/h8-10,12H,2-7H2,1H3,(H,17,18). The Labute approximate surface area is 119 Å². The summed E-state index contributed by atoms with van der Waals surface area (Å²) in [6, 6.07) is 5.49. The number of nitrogens with one attached hydrogen (secondary N) is 1. The van der Waals surface area contributed by atoms with Gasteiger partial charge in [-0.2, -0.15) is 0 Å². The predicted octanol–water partition coefficient (Wildman–Crippen LogP) is 3.80. The SMILES string of the molecule is CCOc1ccc(C(=O)NC2CCCCC2)cc1Cl. The van der Waals surface area contributed by atoms with Crippen LogP contribution in [-0.4, -0.2) is 18.6 Å². The normalized spacial score (nSPS) is 16.1. The van der Waals surface area contributed by atoms with Crippen molar-refractivity contribution in [2.24, 2.45) is 0 Å². The van der Waals surface area contributed by atoms with Crippen molar-refractivity contribution in [2.45, 2.75) is 45.1 Å². The van der Waals surface area contributed by atoms with Gasteiger partial charge in [0.15, 0.2) is 0 Å². The highest BCUT2D eigenvalue weighted by atomic mass is 35.5. The Morgan fingerprint density at radius 3 is 2.74 bits per heavy atom. The van der Waals surface area contributed by atoms with E-state index in [1.165, 1.54) is 19.3 Å². The molecule has 3 nitrogen and oxygen atoms in total. The van der Waals surface area contributed by atoms with E-state index in [1.807, 2.05) is 6.92 Å². The molecule has 0 aromatic heterocycles. The lowest BCUT2D eigenvalue weighted by Crippen LogP contribution is -2.36. The Kier molecular flexibility index (Phi) is 5.08. The van der Waals surface area contributed by atoms with Crippen LogP contribution in [0.1, 0.15) is 49.4 Å². The van der Waals surface area contributed by atoms with Crippen molar-refractivity contribution >= 4 is 17.5 Å². The van der Waals surface area contributed by atoms with Crippen LogP contribution >= 0.6 is 11.6 Å². The molecule has 1 saturated carbocycles. The Balaban J connectivity index is 2.00. The summed E-state index contributed by atoms with van der Waals surface area (Å²) in [5.41, 5.74) is 0.596. The number of carbonyl (C=O) groups is 1. The van der Waals surface area contributed by atoms with Gasteiger partial charge in [-0.15, -0.1) is 0 Å². The second-order valence-corrected chi connectivity index (χ2v) is 5.29. The largest absolute Gasteiger partial charge is 0.492 e. The predicted molar refractivity (Wildman–Crippen MR) is 77.0 cm³/mol. The number of rotatable bonds is 4. The van der Waals surface area contributed by atoms with Gasteiger partial charge in [0.25, 0.3) is 5.91 Å². The molecule has 1 fully saturated rings. The van der Waals surface area contributed by atoms with Gasteiger partial charge >= 0.3 is 0 Å². The number of carbonyl (C=O) groups excluding carboxylic acids is 1. The summed E-state index contributed by atoms with van der Waals surface area (Å²) in [5.74, 6) is 0.579. The molecule has 1 aliphatic rings. The molecule has 1 amide bonds. The topological polar surface area (TPSA) is 38.3 Å². The van der Waals surface area contributed by atoms with E-state index in [2.05, 4.69) is 5.32 Å². The average molecular weight is 282 g/mol. The molecule has 0 spiro atoms. The van der Waals surface area contributed by atoms with Crippen molar-refractivity contribution in [3.63, 3.8) is 0 Å². The van der Waals surface area contributed by atoms with E-state index in [9.17, 15) is 4.79 Å². The number of halogens is 1. The van der Waals surface area contributed by atoms with E-state index in [0.717, 1.165) is 12.8 Å². The van der Waals surface area contributed by atoms with Crippen LogP contribution in [0.25, 0.3) is 0 Å². The van der Waals surface area contributed by atoms with Crippen molar-refractivity contribution in [2.75, 3.05) is 6.61 Å². The molecule has 104 valence electrons. The second kappa shape index (κ2) is 6.80. The number of hydrogen-bond donors (Lipinski definition) is 1. The van der Waals surface area contributed by atoms with Gasteiger partial charge in [-0.3, -0.25) is 4.79 Å². The number of hydrogen-bond acceptors (Lipinski definition) is 2. The highest BCUT2D eigenvalue weighted by molar-refractivity contribution is 6.32. The fourth-order valence-electron chi connectivity index (χ4n) is 2.43. The lowest BCUT2D eigenvalue weighted by Gasteiger charge is -2.22. The van der Waals surface area contributed by atoms with Crippen molar-refractivity contribution < 1.29 is 9.53 Å². The average Bonchev–Trinajstić information content (AvgIpc) is 2.42. The first-order valence-electron chi connectivity index (χ1n) is 6.94. The van der Waals surface area contributed by atoms with Gasteiger partial charge in [0.05, 0.1) is 11.6 Å². The number of benzene rings is 1. The van der Waals surface area contributed by atoms with Crippen molar-refractivity contribution in [3.8, 4) is 5.75 Å². The molecule has 4 heteroatoms. The molecule has 1 aromatic rings. The Morgan fingerprint density at radius 2 is 2.11 bits per heavy atom. The zero-order valence-electron chi connectivity index (χ0n) is 11.2. The third kappa shape index (κ3) is 3.87. The molecule has 19 heavy (non-hydrogen) atoms. The van der Waals surface area contributed by atoms with Crippen LogP contribution in [0.5, 0.6) is 5.75 Å². The van der Waals surface area contributed by atoms with E-state index in [1.54, 1.807) is 18.2 Å². The van der Waals surface area contributed by atoms with Gasteiger partial charge in [-0.25, -0.2) is 0 Å². The van der Waals surface area contributed by atoms with Crippen molar-refractivity contribution in [1.82, 2.24) is 5.32 Å². The highest BCUT2D eigenvalue weighted by Crippen LogP contribution is 2.25. The van der Waals surface area contributed by atoms with Gasteiger partial charge < -0.3 is 10.1 Å². The summed E-state index contributed by atoms with van der Waals surface area (Å²) in [7, 11) is 0. The molecule has 1 aromatic carbocycles. The van der Waals surface area contributed by atoms with E-state index in [0.29, 0.717) is 29.0 Å². The third-order valence-electron chi connectivity index (χ3n) is 3.43. The summed E-state index contributed by atoms with van der Waals surface area (Å²) in [5, 5.41) is 3.56. The minimum atomic E-state index is -0.0446. The minimum absolute atomic E-state index is 0.0446. The highest BCUT2D eigenvalue weighted by Gasteiger charge is 2.17. The fourth-order valence-corrected chi connectivity index (χ4v) is 2.67. The zero-order chi connectivity index (χ0) is 13.7. The minimum Gasteiger partial charge on any atom is -0.492 e. The van der Waals surface area contributed by atoms with Gasteiger partial charge in [0, 0.05) is 11.6 Å². The van der Waals surface area contributed by atoms with Gasteiger partial charge in [-0.1, -0.05) is 30.9 Å². The molecular formula is C15H20ClNO2. The molecule has 0 atom stereocenters. The molecule has 0 saturated heterocycles. The molecule has 0 radical (unpaired) electrons. The summed E-state index contributed by atoms with van der Waals surface area (Å²) < 4.78 is 5.36. The molecule has 2 rings (SSSR count). The Bertz CT molecular complexity index is 442. The van der Waals surface area contributed by atoms with Crippen LogP contribution in [0.4, 0.5) is 0 Å². The first-order chi connectivity index (χ1) is 9.20. The molecule has 1 aliphatic carbocycles. The van der Waals surface area contributed by atoms with E-state index in [4.69, 9.17) is 16.3 Å². The van der Waals surface area contributed by atoms with Crippen LogP contribution in [0, 0.1) is 0 Å². The quantitative estimate of drug-likeness (QED) is 0.911. The maximum atomic E-state index is 12.1. The molecule has 0 heterocycles. The summed E-state index contributed by atoms with van der Waals surface area (Å²) in [4.78, 5) is 12.1. The molecule has 0 aliphatic heterocycles. The third-order valence-corrected chi connectivity index (χ3v) is 3.73. The van der Waals surface area contributed by atoms with Gasteiger partial charge in [0.2, 0.25) is 0 Å². The fraction of sp³-hybridized carbons (Fsp3) is 0.533.